The first kappa shape index (κ1) is 17.4. The molecule has 0 aliphatic rings. The van der Waals surface area contributed by atoms with Crippen molar-refractivity contribution in [3.63, 3.8) is 0 Å². The number of benzene rings is 1. The van der Waals surface area contributed by atoms with Gasteiger partial charge in [-0.05, 0) is 52.0 Å². The van der Waals surface area contributed by atoms with Crippen LogP contribution in [-0.4, -0.2) is 26.2 Å². The second kappa shape index (κ2) is 6.11. The van der Waals surface area contributed by atoms with Gasteiger partial charge in [-0.3, -0.25) is 4.79 Å². The quantitative estimate of drug-likeness (QED) is 0.750. The molecule has 1 N–H and O–H groups in total. The lowest BCUT2D eigenvalue weighted by Gasteiger charge is -2.20. The van der Waals surface area contributed by atoms with E-state index in [-0.39, 0.29) is 17.3 Å². The van der Waals surface area contributed by atoms with Gasteiger partial charge >= 0.3 is 0 Å². The normalized spacial score (nSPS) is 11.8. The van der Waals surface area contributed by atoms with Gasteiger partial charge in [-0.25, -0.2) is 14.1 Å². The predicted octanol–water partition coefficient (Wildman–Crippen LogP) is 4.05. The van der Waals surface area contributed by atoms with Crippen molar-refractivity contribution in [1.82, 2.24) is 20.1 Å². The third kappa shape index (κ3) is 3.35. The molecule has 3 rings (SSSR count). The molecule has 7 heteroatoms. The third-order valence-electron chi connectivity index (χ3n) is 3.61. The Morgan fingerprint density at radius 2 is 1.88 bits per heavy atom. The summed E-state index contributed by atoms with van der Waals surface area (Å²) in [5.74, 6) is -0.620. The van der Waals surface area contributed by atoms with E-state index in [4.69, 9.17) is 11.6 Å². The number of aromatic nitrogens is 3. The number of carbonyl (C=O) groups excluding carboxylic acids is 1. The van der Waals surface area contributed by atoms with Crippen LogP contribution in [0.25, 0.3) is 16.7 Å². The Morgan fingerprint density at radius 1 is 1.24 bits per heavy atom. The second-order valence-corrected chi connectivity index (χ2v) is 7.24. The van der Waals surface area contributed by atoms with Crippen molar-refractivity contribution in [2.75, 3.05) is 0 Å². The first-order chi connectivity index (χ1) is 11.7. The van der Waals surface area contributed by atoms with Crippen LogP contribution in [-0.2, 0) is 0 Å². The van der Waals surface area contributed by atoms with Crippen LogP contribution in [0.5, 0.6) is 0 Å². The third-order valence-corrected chi connectivity index (χ3v) is 4.00. The Bertz CT molecular complexity index is 958. The van der Waals surface area contributed by atoms with E-state index in [0.717, 1.165) is 0 Å². The van der Waals surface area contributed by atoms with Crippen molar-refractivity contribution >= 4 is 28.5 Å². The lowest BCUT2D eigenvalue weighted by atomic mass is 10.1. The zero-order chi connectivity index (χ0) is 18.4. The van der Waals surface area contributed by atoms with Gasteiger partial charge in [0.25, 0.3) is 5.91 Å². The average molecular weight is 361 g/mol. The predicted molar refractivity (Wildman–Crippen MR) is 95.8 cm³/mol. The van der Waals surface area contributed by atoms with E-state index in [0.29, 0.717) is 33.0 Å². The summed E-state index contributed by atoms with van der Waals surface area (Å²) in [6, 6.07) is 5.92. The van der Waals surface area contributed by atoms with Gasteiger partial charge < -0.3 is 5.32 Å². The molecule has 0 spiro atoms. The molecule has 0 bridgehead atoms. The topological polar surface area (TPSA) is 59.8 Å². The molecular formula is C18H18ClFN4O. The molecule has 130 valence electrons. The zero-order valence-electron chi connectivity index (χ0n) is 14.4. The molecule has 0 atom stereocenters. The molecular weight excluding hydrogens is 343 g/mol. The lowest BCUT2D eigenvalue weighted by molar-refractivity contribution is 0.0919. The maximum Gasteiger partial charge on any atom is 0.254 e. The van der Waals surface area contributed by atoms with Crippen LogP contribution >= 0.6 is 11.6 Å². The molecule has 2 aromatic heterocycles. The van der Waals surface area contributed by atoms with Crippen LogP contribution in [0.4, 0.5) is 4.39 Å². The SMILES string of the molecule is Cc1nn(-c2ccc(F)cc2)c2ncc(C(=O)NC(C)(C)C)c(Cl)c12. The number of pyridine rings is 1. The van der Waals surface area contributed by atoms with Crippen LogP contribution in [0.2, 0.25) is 5.02 Å². The molecule has 5 nitrogen and oxygen atoms in total. The maximum atomic E-state index is 13.2. The Balaban J connectivity index is 2.13. The number of aryl methyl sites for hydroxylation is 1. The van der Waals surface area contributed by atoms with E-state index in [2.05, 4.69) is 15.4 Å². The molecule has 0 saturated carbocycles. The number of hydrogen-bond donors (Lipinski definition) is 1. The first-order valence-corrected chi connectivity index (χ1v) is 8.17. The second-order valence-electron chi connectivity index (χ2n) is 6.86. The largest absolute Gasteiger partial charge is 0.347 e. The van der Waals surface area contributed by atoms with Crippen molar-refractivity contribution in [1.29, 1.82) is 0 Å². The van der Waals surface area contributed by atoms with Gasteiger partial charge in [-0.1, -0.05) is 11.6 Å². The van der Waals surface area contributed by atoms with Gasteiger partial charge in [0.2, 0.25) is 0 Å². The van der Waals surface area contributed by atoms with Crippen molar-refractivity contribution < 1.29 is 9.18 Å². The highest BCUT2D eigenvalue weighted by Gasteiger charge is 2.22. The molecule has 0 fully saturated rings. The molecule has 2 heterocycles. The summed E-state index contributed by atoms with van der Waals surface area (Å²) in [6.45, 7) is 7.47. The van der Waals surface area contributed by atoms with Crippen LogP contribution < -0.4 is 5.32 Å². The summed E-state index contributed by atoms with van der Waals surface area (Å²) >= 11 is 6.48. The Kier molecular flexibility index (Phi) is 4.24. The fourth-order valence-electron chi connectivity index (χ4n) is 2.54. The molecule has 3 aromatic rings. The molecule has 1 amide bonds. The molecule has 0 saturated heterocycles. The maximum absolute atomic E-state index is 13.2. The number of rotatable bonds is 2. The van der Waals surface area contributed by atoms with Gasteiger partial charge in [0.1, 0.15) is 5.82 Å². The summed E-state index contributed by atoms with van der Waals surface area (Å²) in [5.41, 5.74) is 1.73. The number of fused-ring (bicyclic) bond motifs is 1. The first-order valence-electron chi connectivity index (χ1n) is 7.79. The van der Waals surface area contributed by atoms with Crippen molar-refractivity contribution in [2.24, 2.45) is 0 Å². The summed E-state index contributed by atoms with van der Waals surface area (Å²) in [7, 11) is 0. The number of hydrogen-bond acceptors (Lipinski definition) is 3. The fourth-order valence-corrected chi connectivity index (χ4v) is 2.89. The van der Waals surface area contributed by atoms with Crippen LogP contribution in [0.1, 0.15) is 36.8 Å². The highest BCUT2D eigenvalue weighted by molar-refractivity contribution is 6.38. The highest BCUT2D eigenvalue weighted by atomic mass is 35.5. The Morgan fingerprint density at radius 3 is 2.48 bits per heavy atom. The molecule has 0 aliphatic carbocycles. The summed E-state index contributed by atoms with van der Waals surface area (Å²) in [4.78, 5) is 16.8. The van der Waals surface area contributed by atoms with Crippen molar-refractivity contribution in [3.05, 3.63) is 52.6 Å². The van der Waals surface area contributed by atoms with Crippen molar-refractivity contribution in [2.45, 2.75) is 33.2 Å². The van der Waals surface area contributed by atoms with E-state index >= 15 is 0 Å². The summed E-state index contributed by atoms with van der Waals surface area (Å²) in [6.07, 6.45) is 1.44. The minimum atomic E-state index is -0.386. The molecule has 0 unspecified atom stereocenters. The fraction of sp³-hybridized carbons (Fsp3) is 0.278. The van der Waals surface area contributed by atoms with E-state index in [1.54, 1.807) is 23.7 Å². The number of nitrogens with one attached hydrogen (secondary N) is 1. The standard InChI is InChI=1S/C18H18ClFN4O/c1-10-14-15(19)13(17(25)22-18(2,3)4)9-21-16(14)24(23-10)12-7-5-11(20)6-8-12/h5-9H,1-4H3,(H,22,25). The monoisotopic (exact) mass is 360 g/mol. The van der Waals surface area contributed by atoms with E-state index in [1.807, 2.05) is 20.8 Å². The van der Waals surface area contributed by atoms with Gasteiger partial charge in [0.15, 0.2) is 5.65 Å². The Labute approximate surface area is 149 Å². The highest BCUT2D eigenvalue weighted by Crippen LogP contribution is 2.30. The lowest BCUT2D eigenvalue weighted by Crippen LogP contribution is -2.40. The van der Waals surface area contributed by atoms with Gasteiger partial charge in [0.05, 0.1) is 27.4 Å². The van der Waals surface area contributed by atoms with E-state index < -0.39 is 0 Å². The minimum absolute atomic E-state index is 0.291. The molecule has 0 radical (unpaired) electrons. The van der Waals surface area contributed by atoms with Crippen LogP contribution in [0, 0.1) is 12.7 Å². The van der Waals surface area contributed by atoms with Crippen LogP contribution in [0.3, 0.4) is 0 Å². The van der Waals surface area contributed by atoms with Gasteiger partial charge in [0, 0.05) is 11.7 Å². The van der Waals surface area contributed by atoms with Crippen molar-refractivity contribution in [3.8, 4) is 5.69 Å². The number of carbonyl (C=O) groups is 1. The number of amides is 1. The van der Waals surface area contributed by atoms with Gasteiger partial charge in [-0.15, -0.1) is 0 Å². The van der Waals surface area contributed by atoms with E-state index in [9.17, 15) is 9.18 Å². The van der Waals surface area contributed by atoms with Gasteiger partial charge in [-0.2, -0.15) is 5.10 Å². The Hall–Kier alpha value is -2.47. The minimum Gasteiger partial charge on any atom is -0.347 e. The summed E-state index contributed by atoms with van der Waals surface area (Å²) < 4.78 is 14.7. The van der Waals surface area contributed by atoms with Crippen LogP contribution in [0.15, 0.2) is 30.5 Å². The zero-order valence-corrected chi connectivity index (χ0v) is 15.1. The molecule has 0 aliphatic heterocycles. The number of nitrogens with zero attached hydrogens (tertiary/aromatic N) is 3. The van der Waals surface area contributed by atoms with E-state index in [1.165, 1.54) is 18.3 Å². The summed E-state index contributed by atoms with van der Waals surface area (Å²) in [5, 5.41) is 8.22. The smallest absolute Gasteiger partial charge is 0.254 e. The molecule has 1 aromatic carbocycles. The number of halogens is 2. The average Bonchev–Trinajstić information content (AvgIpc) is 2.84. The molecule has 25 heavy (non-hydrogen) atoms.